The Labute approximate surface area is 102 Å². The molecule has 6 heteroatoms. The van der Waals surface area contributed by atoms with Crippen LogP contribution in [0.15, 0.2) is 17.0 Å². The minimum absolute atomic E-state index is 0.122. The number of anilines is 1. The van der Waals surface area contributed by atoms with Crippen molar-refractivity contribution in [3.63, 3.8) is 0 Å². The summed E-state index contributed by atoms with van der Waals surface area (Å²) in [5.74, 6) is 0. The highest BCUT2D eigenvalue weighted by atomic mass is 32.2. The molecule has 0 bridgehead atoms. The van der Waals surface area contributed by atoms with Gasteiger partial charge in [0.25, 0.3) is 0 Å². The third-order valence-corrected chi connectivity index (χ3v) is 4.03. The highest BCUT2D eigenvalue weighted by Crippen LogP contribution is 2.22. The van der Waals surface area contributed by atoms with Crippen molar-refractivity contribution in [2.45, 2.75) is 18.7 Å². The second-order valence-corrected chi connectivity index (χ2v) is 5.60. The lowest BCUT2D eigenvalue weighted by atomic mass is 10.1. The van der Waals surface area contributed by atoms with E-state index in [2.05, 4.69) is 4.72 Å². The fourth-order valence-corrected chi connectivity index (χ4v) is 2.61. The molecular formula is C11H18N2O3S. The molecule has 0 aliphatic carbocycles. The summed E-state index contributed by atoms with van der Waals surface area (Å²) in [5.41, 5.74) is 7.86. The van der Waals surface area contributed by atoms with Gasteiger partial charge in [0.1, 0.15) is 4.90 Å². The summed E-state index contributed by atoms with van der Waals surface area (Å²) in [6, 6.07) is 3.25. The van der Waals surface area contributed by atoms with Crippen molar-refractivity contribution >= 4 is 15.7 Å². The van der Waals surface area contributed by atoms with Gasteiger partial charge in [0.2, 0.25) is 10.0 Å². The molecule has 1 rings (SSSR count). The molecule has 3 N–H and O–H groups in total. The average molecular weight is 258 g/mol. The molecular weight excluding hydrogens is 240 g/mol. The number of nitrogens with two attached hydrogens (primary N) is 1. The van der Waals surface area contributed by atoms with Crippen LogP contribution in [-0.2, 0) is 14.8 Å². The zero-order valence-electron chi connectivity index (χ0n) is 10.3. The van der Waals surface area contributed by atoms with E-state index >= 15 is 0 Å². The Kier molecular flexibility index (Phi) is 4.50. The molecule has 0 heterocycles. The van der Waals surface area contributed by atoms with E-state index in [0.717, 1.165) is 11.1 Å². The van der Waals surface area contributed by atoms with Gasteiger partial charge in [-0.3, -0.25) is 0 Å². The molecule has 5 nitrogen and oxygen atoms in total. The maximum atomic E-state index is 11.9. The number of ether oxygens (including phenoxy) is 1. The van der Waals surface area contributed by atoms with Gasteiger partial charge in [-0.25, -0.2) is 13.1 Å². The van der Waals surface area contributed by atoms with Crippen LogP contribution >= 0.6 is 0 Å². The summed E-state index contributed by atoms with van der Waals surface area (Å²) in [6.07, 6.45) is 0. The standard InChI is InChI=1S/C11H18N2O3S/c1-8-6-10(12)11(7-9(8)2)17(14,15)13-4-5-16-3/h6-7,13H,4-5,12H2,1-3H3. The maximum absolute atomic E-state index is 11.9. The molecule has 1 aromatic carbocycles. The van der Waals surface area contributed by atoms with Gasteiger partial charge in [-0.1, -0.05) is 0 Å². The second kappa shape index (κ2) is 5.48. The molecule has 1 aromatic rings. The molecule has 0 atom stereocenters. The van der Waals surface area contributed by atoms with Gasteiger partial charge in [-0.15, -0.1) is 0 Å². The van der Waals surface area contributed by atoms with Crippen LogP contribution in [0.2, 0.25) is 0 Å². The largest absolute Gasteiger partial charge is 0.398 e. The van der Waals surface area contributed by atoms with Crippen LogP contribution < -0.4 is 10.5 Å². The highest BCUT2D eigenvalue weighted by Gasteiger charge is 2.17. The Morgan fingerprint density at radius 1 is 1.29 bits per heavy atom. The van der Waals surface area contributed by atoms with Crippen LogP contribution in [0.3, 0.4) is 0 Å². The first kappa shape index (κ1) is 14.0. The molecule has 0 fully saturated rings. The molecule has 96 valence electrons. The van der Waals surface area contributed by atoms with Crippen molar-refractivity contribution in [3.8, 4) is 0 Å². The van der Waals surface area contributed by atoms with Crippen LogP contribution in [0.1, 0.15) is 11.1 Å². The SMILES string of the molecule is COCCNS(=O)(=O)c1cc(C)c(C)cc1N. The Morgan fingerprint density at radius 2 is 1.88 bits per heavy atom. The summed E-state index contributed by atoms with van der Waals surface area (Å²) < 4.78 is 31.1. The first-order chi connectivity index (χ1) is 7.88. The molecule has 0 spiro atoms. The molecule has 0 saturated heterocycles. The molecule has 0 saturated carbocycles. The van der Waals surface area contributed by atoms with E-state index in [-0.39, 0.29) is 17.1 Å². The average Bonchev–Trinajstić information content (AvgIpc) is 2.23. The topological polar surface area (TPSA) is 81.4 Å². The van der Waals surface area contributed by atoms with Gasteiger partial charge in [-0.2, -0.15) is 0 Å². The minimum atomic E-state index is -3.56. The number of hydrogen-bond donors (Lipinski definition) is 2. The molecule has 0 aliphatic rings. The van der Waals surface area contributed by atoms with Gasteiger partial charge in [0, 0.05) is 13.7 Å². The van der Waals surface area contributed by atoms with Gasteiger partial charge in [0.15, 0.2) is 0 Å². The summed E-state index contributed by atoms with van der Waals surface area (Å²) in [5, 5.41) is 0. The van der Waals surface area contributed by atoms with Crippen LogP contribution in [0.5, 0.6) is 0 Å². The second-order valence-electron chi connectivity index (χ2n) is 3.86. The summed E-state index contributed by atoms with van der Waals surface area (Å²) in [7, 11) is -2.04. The fraction of sp³-hybridized carbons (Fsp3) is 0.455. The van der Waals surface area contributed by atoms with Crippen molar-refractivity contribution in [1.82, 2.24) is 4.72 Å². The van der Waals surface area contributed by atoms with Gasteiger partial charge >= 0.3 is 0 Å². The number of benzene rings is 1. The Morgan fingerprint density at radius 3 is 2.47 bits per heavy atom. The first-order valence-corrected chi connectivity index (χ1v) is 6.72. The van der Waals surface area contributed by atoms with E-state index in [4.69, 9.17) is 10.5 Å². The third kappa shape index (κ3) is 3.42. The van der Waals surface area contributed by atoms with Gasteiger partial charge in [-0.05, 0) is 37.1 Å². The van der Waals surface area contributed by atoms with Crippen LogP contribution in [0.25, 0.3) is 0 Å². The monoisotopic (exact) mass is 258 g/mol. The maximum Gasteiger partial charge on any atom is 0.242 e. The lowest BCUT2D eigenvalue weighted by Crippen LogP contribution is -2.28. The predicted octanol–water partition coefficient (Wildman–Crippen LogP) is 0.810. The van der Waals surface area contributed by atoms with Crippen molar-refractivity contribution in [3.05, 3.63) is 23.3 Å². The Hall–Kier alpha value is -1.11. The number of nitrogens with one attached hydrogen (secondary N) is 1. The Bertz CT molecular complexity index is 498. The number of nitrogen functional groups attached to an aromatic ring is 1. The number of methoxy groups -OCH3 is 1. The van der Waals surface area contributed by atoms with Gasteiger partial charge < -0.3 is 10.5 Å². The summed E-state index contributed by atoms with van der Waals surface area (Å²) in [6.45, 7) is 4.29. The minimum Gasteiger partial charge on any atom is -0.398 e. The molecule has 17 heavy (non-hydrogen) atoms. The lowest BCUT2D eigenvalue weighted by molar-refractivity contribution is 0.204. The zero-order chi connectivity index (χ0) is 13.1. The summed E-state index contributed by atoms with van der Waals surface area (Å²) in [4.78, 5) is 0.122. The summed E-state index contributed by atoms with van der Waals surface area (Å²) >= 11 is 0. The van der Waals surface area contributed by atoms with E-state index in [9.17, 15) is 8.42 Å². The van der Waals surface area contributed by atoms with E-state index in [1.54, 1.807) is 12.1 Å². The quantitative estimate of drug-likeness (QED) is 0.605. The van der Waals surface area contributed by atoms with Crippen LogP contribution in [0.4, 0.5) is 5.69 Å². The van der Waals surface area contributed by atoms with E-state index in [0.29, 0.717) is 6.61 Å². The molecule has 0 unspecified atom stereocenters. The van der Waals surface area contributed by atoms with Crippen molar-refractivity contribution in [1.29, 1.82) is 0 Å². The van der Waals surface area contributed by atoms with Crippen molar-refractivity contribution in [2.24, 2.45) is 0 Å². The number of aryl methyl sites for hydroxylation is 2. The first-order valence-electron chi connectivity index (χ1n) is 5.24. The molecule has 0 amide bonds. The lowest BCUT2D eigenvalue weighted by Gasteiger charge is -2.11. The normalized spacial score (nSPS) is 11.7. The van der Waals surface area contributed by atoms with Crippen molar-refractivity contribution < 1.29 is 13.2 Å². The number of hydrogen-bond acceptors (Lipinski definition) is 4. The Balaban J connectivity index is 3.03. The number of rotatable bonds is 5. The molecule has 0 aliphatic heterocycles. The van der Waals surface area contributed by atoms with E-state index in [1.807, 2.05) is 13.8 Å². The molecule has 0 aromatic heterocycles. The zero-order valence-corrected chi connectivity index (χ0v) is 11.1. The van der Waals surface area contributed by atoms with E-state index < -0.39 is 10.0 Å². The third-order valence-electron chi connectivity index (χ3n) is 2.51. The fourth-order valence-electron chi connectivity index (χ4n) is 1.40. The smallest absolute Gasteiger partial charge is 0.242 e. The predicted molar refractivity (Wildman–Crippen MR) is 67.4 cm³/mol. The van der Waals surface area contributed by atoms with Crippen LogP contribution in [0, 0.1) is 13.8 Å². The molecule has 0 radical (unpaired) electrons. The van der Waals surface area contributed by atoms with E-state index in [1.165, 1.54) is 7.11 Å². The highest BCUT2D eigenvalue weighted by molar-refractivity contribution is 7.89. The van der Waals surface area contributed by atoms with Crippen molar-refractivity contribution in [2.75, 3.05) is 26.0 Å². The van der Waals surface area contributed by atoms with Gasteiger partial charge in [0.05, 0.1) is 12.3 Å². The number of sulfonamides is 1. The van der Waals surface area contributed by atoms with Crippen LogP contribution in [-0.4, -0.2) is 28.7 Å².